The van der Waals surface area contributed by atoms with Crippen molar-refractivity contribution in [2.45, 2.75) is 37.5 Å². The standard InChI is InChI=1S/C5H9NO3.C5H7NO3/c7-3-1-4(5(8)9)6-2-3;7-4-2-1-3(6-4)5(8)9/h3-4,6-7H,1-2H2,(H,8,9);3H,1-2H2,(H,6,7)(H,8,9)/t3-,4+;3-/m10/s1. The molecule has 0 aromatic rings. The number of aliphatic hydroxyl groups is 1. The zero-order chi connectivity index (χ0) is 13.7. The predicted molar refractivity (Wildman–Crippen MR) is 58.9 cm³/mol. The fourth-order valence-electron chi connectivity index (χ4n) is 1.70. The van der Waals surface area contributed by atoms with E-state index in [0.29, 0.717) is 25.8 Å². The molecule has 0 aliphatic carbocycles. The van der Waals surface area contributed by atoms with Crippen LogP contribution in [0.1, 0.15) is 19.3 Å². The van der Waals surface area contributed by atoms with Gasteiger partial charge in [0.05, 0.1) is 6.10 Å². The van der Waals surface area contributed by atoms with Gasteiger partial charge in [-0.2, -0.15) is 0 Å². The Balaban J connectivity index is 0.000000180. The first-order valence-corrected chi connectivity index (χ1v) is 5.56. The van der Waals surface area contributed by atoms with Crippen LogP contribution < -0.4 is 10.6 Å². The maximum absolute atomic E-state index is 10.4. The molecule has 1 amide bonds. The van der Waals surface area contributed by atoms with Gasteiger partial charge in [-0.1, -0.05) is 0 Å². The molecular formula is C10H16N2O6. The molecule has 3 atom stereocenters. The molecule has 8 heteroatoms. The molecule has 8 nitrogen and oxygen atoms in total. The van der Waals surface area contributed by atoms with Crippen molar-refractivity contribution in [2.75, 3.05) is 6.54 Å². The van der Waals surface area contributed by atoms with Crippen LogP contribution in [0.15, 0.2) is 0 Å². The molecule has 0 saturated carbocycles. The van der Waals surface area contributed by atoms with Crippen molar-refractivity contribution in [1.82, 2.24) is 10.6 Å². The van der Waals surface area contributed by atoms with E-state index >= 15 is 0 Å². The molecule has 0 unspecified atom stereocenters. The Morgan fingerprint density at radius 1 is 1.17 bits per heavy atom. The Hall–Kier alpha value is -1.67. The fourth-order valence-corrected chi connectivity index (χ4v) is 1.70. The summed E-state index contributed by atoms with van der Waals surface area (Å²) in [6, 6.07) is -1.18. The van der Waals surface area contributed by atoms with Gasteiger partial charge in [-0.05, 0) is 6.42 Å². The minimum atomic E-state index is -0.944. The molecular weight excluding hydrogens is 244 g/mol. The number of hydrogen-bond acceptors (Lipinski definition) is 5. The summed E-state index contributed by atoms with van der Waals surface area (Å²) in [6.07, 6.45) is 0.617. The van der Waals surface area contributed by atoms with E-state index in [9.17, 15) is 14.4 Å². The summed E-state index contributed by atoms with van der Waals surface area (Å²) in [5, 5.41) is 30.5. The molecule has 0 aromatic carbocycles. The number of β-amino-alcohol motifs (C(OH)–C–C–N with tert-alkyl or cyclic N) is 1. The highest BCUT2D eigenvalue weighted by molar-refractivity contribution is 5.87. The van der Waals surface area contributed by atoms with E-state index in [1.165, 1.54) is 0 Å². The normalized spacial score (nSPS) is 30.3. The lowest BCUT2D eigenvalue weighted by Crippen LogP contribution is -2.32. The van der Waals surface area contributed by atoms with E-state index < -0.39 is 30.1 Å². The molecule has 102 valence electrons. The molecule has 2 fully saturated rings. The highest BCUT2D eigenvalue weighted by Crippen LogP contribution is 2.05. The van der Waals surface area contributed by atoms with Gasteiger partial charge in [0.1, 0.15) is 12.1 Å². The molecule has 2 aliphatic heterocycles. The summed E-state index contributed by atoms with van der Waals surface area (Å²) in [5.41, 5.74) is 0. The summed E-state index contributed by atoms with van der Waals surface area (Å²) in [7, 11) is 0. The monoisotopic (exact) mass is 260 g/mol. The topological polar surface area (TPSA) is 136 Å². The molecule has 2 heterocycles. The third-order valence-corrected chi connectivity index (χ3v) is 2.70. The van der Waals surface area contributed by atoms with Crippen LogP contribution in [0.3, 0.4) is 0 Å². The maximum Gasteiger partial charge on any atom is 0.326 e. The van der Waals surface area contributed by atoms with Gasteiger partial charge in [0.15, 0.2) is 0 Å². The van der Waals surface area contributed by atoms with Crippen LogP contribution in [0.2, 0.25) is 0 Å². The molecule has 2 rings (SSSR count). The van der Waals surface area contributed by atoms with Gasteiger partial charge in [-0.15, -0.1) is 0 Å². The molecule has 0 radical (unpaired) electrons. The van der Waals surface area contributed by atoms with E-state index in [1.807, 2.05) is 0 Å². The molecule has 5 N–H and O–H groups in total. The van der Waals surface area contributed by atoms with Crippen LogP contribution in [0.4, 0.5) is 0 Å². The van der Waals surface area contributed by atoms with Crippen LogP contribution in [-0.2, 0) is 14.4 Å². The number of aliphatic hydroxyl groups excluding tert-OH is 1. The van der Waals surface area contributed by atoms with Crippen LogP contribution in [0, 0.1) is 0 Å². The van der Waals surface area contributed by atoms with Crippen molar-refractivity contribution in [3.8, 4) is 0 Å². The van der Waals surface area contributed by atoms with Gasteiger partial charge in [-0.3, -0.25) is 9.59 Å². The van der Waals surface area contributed by atoms with Crippen molar-refractivity contribution < 1.29 is 29.7 Å². The first-order chi connectivity index (χ1) is 8.40. The van der Waals surface area contributed by atoms with Crippen molar-refractivity contribution >= 4 is 17.8 Å². The number of nitrogens with one attached hydrogen (secondary N) is 2. The van der Waals surface area contributed by atoms with Gasteiger partial charge in [0, 0.05) is 19.4 Å². The molecule has 0 aromatic heterocycles. The average Bonchev–Trinajstić information content (AvgIpc) is 2.88. The largest absolute Gasteiger partial charge is 0.480 e. The Morgan fingerprint density at radius 3 is 2.00 bits per heavy atom. The second-order valence-corrected chi connectivity index (χ2v) is 4.19. The highest BCUT2D eigenvalue weighted by Gasteiger charge is 2.27. The number of carboxylic acids is 2. The Bertz CT molecular complexity index is 345. The Labute approximate surface area is 103 Å². The Kier molecular flexibility index (Phi) is 5.05. The number of carboxylic acid groups (broad SMARTS) is 2. The number of hydrogen-bond donors (Lipinski definition) is 5. The van der Waals surface area contributed by atoms with E-state index in [2.05, 4.69) is 10.6 Å². The van der Waals surface area contributed by atoms with Crippen LogP contribution in [0.25, 0.3) is 0 Å². The average molecular weight is 260 g/mol. The number of carbonyl (C=O) groups is 3. The smallest absolute Gasteiger partial charge is 0.326 e. The number of amides is 1. The number of carbonyl (C=O) groups excluding carboxylic acids is 1. The lowest BCUT2D eigenvalue weighted by molar-refractivity contribution is -0.140. The first-order valence-electron chi connectivity index (χ1n) is 5.56. The lowest BCUT2D eigenvalue weighted by Gasteiger charge is -1.99. The van der Waals surface area contributed by atoms with Crippen LogP contribution in [0.5, 0.6) is 0 Å². The summed E-state index contributed by atoms with van der Waals surface area (Å²) in [4.78, 5) is 30.7. The highest BCUT2D eigenvalue weighted by atomic mass is 16.4. The summed E-state index contributed by atoms with van der Waals surface area (Å²) in [6.45, 7) is 0.400. The van der Waals surface area contributed by atoms with E-state index in [4.69, 9.17) is 15.3 Å². The third-order valence-electron chi connectivity index (χ3n) is 2.70. The van der Waals surface area contributed by atoms with Gasteiger partial charge < -0.3 is 26.0 Å². The zero-order valence-electron chi connectivity index (χ0n) is 9.63. The van der Waals surface area contributed by atoms with Crippen LogP contribution >= 0.6 is 0 Å². The van der Waals surface area contributed by atoms with Gasteiger partial charge in [0.25, 0.3) is 0 Å². The second kappa shape index (κ2) is 6.31. The van der Waals surface area contributed by atoms with Crippen molar-refractivity contribution in [3.05, 3.63) is 0 Å². The molecule has 2 saturated heterocycles. The minimum Gasteiger partial charge on any atom is -0.480 e. The SMILES string of the molecule is O=C(O)[C@@H]1C[C@@H](O)CN1.O=C1CC[C@@H](C(=O)O)N1. The van der Waals surface area contributed by atoms with E-state index in [-0.39, 0.29) is 5.91 Å². The van der Waals surface area contributed by atoms with Gasteiger partial charge in [0.2, 0.25) is 5.91 Å². The van der Waals surface area contributed by atoms with Crippen molar-refractivity contribution in [2.24, 2.45) is 0 Å². The number of aliphatic carboxylic acids is 2. The van der Waals surface area contributed by atoms with Gasteiger partial charge >= 0.3 is 11.9 Å². The summed E-state index contributed by atoms with van der Waals surface area (Å²) < 4.78 is 0. The molecule has 18 heavy (non-hydrogen) atoms. The molecule has 0 bridgehead atoms. The third kappa shape index (κ3) is 4.30. The Morgan fingerprint density at radius 2 is 1.78 bits per heavy atom. The summed E-state index contributed by atoms with van der Waals surface area (Å²) >= 11 is 0. The minimum absolute atomic E-state index is 0.164. The molecule has 2 aliphatic rings. The molecule has 0 spiro atoms. The fraction of sp³-hybridized carbons (Fsp3) is 0.700. The van der Waals surface area contributed by atoms with E-state index in [0.717, 1.165) is 0 Å². The first kappa shape index (κ1) is 14.4. The van der Waals surface area contributed by atoms with E-state index in [1.54, 1.807) is 0 Å². The maximum atomic E-state index is 10.4. The second-order valence-electron chi connectivity index (χ2n) is 4.19. The van der Waals surface area contributed by atoms with Crippen molar-refractivity contribution in [3.63, 3.8) is 0 Å². The lowest BCUT2D eigenvalue weighted by atomic mass is 10.2. The van der Waals surface area contributed by atoms with Gasteiger partial charge in [-0.25, -0.2) is 4.79 Å². The van der Waals surface area contributed by atoms with Crippen LogP contribution in [-0.4, -0.2) is 57.9 Å². The summed E-state index contributed by atoms with van der Waals surface area (Å²) in [5.74, 6) is -1.99. The zero-order valence-corrected chi connectivity index (χ0v) is 9.63. The quantitative estimate of drug-likeness (QED) is 0.393. The van der Waals surface area contributed by atoms with Crippen molar-refractivity contribution in [1.29, 1.82) is 0 Å². The predicted octanol–water partition coefficient (Wildman–Crippen LogP) is -1.86. The number of rotatable bonds is 2.